The fourth-order valence-electron chi connectivity index (χ4n) is 3.20. The lowest BCUT2D eigenvalue weighted by atomic mass is 10.1. The molecular weight excluding hydrogens is 379 g/mol. The van der Waals surface area contributed by atoms with Crippen LogP contribution in [0, 0.1) is 0 Å². The molecule has 27 heavy (non-hydrogen) atoms. The summed E-state index contributed by atoms with van der Waals surface area (Å²) >= 11 is 0. The van der Waals surface area contributed by atoms with Crippen LogP contribution in [0.3, 0.4) is 0 Å². The first-order chi connectivity index (χ1) is 12.3. The van der Waals surface area contributed by atoms with Gasteiger partial charge in [0.05, 0.1) is 6.61 Å². The first-order valence-corrected chi connectivity index (χ1v) is 10.2. The number of nitrogen functional groups attached to an aromatic ring is 1. The van der Waals surface area contributed by atoms with E-state index >= 15 is 0 Å². The number of nitrogens with two attached hydrogens (primary N) is 1. The lowest BCUT2D eigenvalue weighted by molar-refractivity contribution is -0.0685. The molecule has 7 N–H and O–H groups in total. The molecule has 1 aromatic heterocycles. The molecule has 2 aliphatic rings. The van der Waals surface area contributed by atoms with Gasteiger partial charge in [0.1, 0.15) is 24.1 Å². The van der Waals surface area contributed by atoms with Crippen molar-refractivity contribution in [3.05, 3.63) is 22.2 Å². The van der Waals surface area contributed by atoms with Crippen molar-refractivity contribution in [2.24, 2.45) is 0 Å². The summed E-state index contributed by atoms with van der Waals surface area (Å²) in [4.78, 5) is 25.5. The van der Waals surface area contributed by atoms with Gasteiger partial charge in [-0.15, -0.1) is 0 Å². The van der Waals surface area contributed by atoms with Crippen LogP contribution in [0.15, 0.2) is 11.0 Å². The number of aliphatic hydroxyl groups is 1. The highest BCUT2D eigenvalue weighted by atomic mass is 31.2. The molecule has 0 bridgehead atoms. The lowest BCUT2D eigenvalue weighted by Gasteiger charge is -2.27. The summed E-state index contributed by atoms with van der Waals surface area (Å²) in [6.07, 6.45) is 2.10. The van der Waals surface area contributed by atoms with Crippen LogP contribution in [0.2, 0.25) is 0 Å². The van der Waals surface area contributed by atoms with Gasteiger partial charge in [-0.25, -0.2) is 9.36 Å². The lowest BCUT2D eigenvalue weighted by Crippen LogP contribution is -2.40. The number of aliphatic hydroxyl groups excluding tert-OH is 1. The highest BCUT2D eigenvalue weighted by molar-refractivity contribution is 7.47. The van der Waals surface area contributed by atoms with Gasteiger partial charge >= 0.3 is 13.5 Å². The predicted molar refractivity (Wildman–Crippen MR) is 96.3 cm³/mol. The summed E-state index contributed by atoms with van der Waals surface area (Å²) in [6, 6.07) is 0. The van der Waals surface area contributed by atoms with Crippen molar-refractivity contribution < 1.29 is 28.3 Å². The third-order valence-corrected chi connectivity index (χ3v) is 5.59. The molecule has 0 spiro atoms. The SMILES string of the molecule is CCCCCCc1cn([C@@H]2O[C@@H]3COP(=O)(O)O[C@H]3[C@H]2O)c(=O)nc1N.N. The molecule has 1 aromatic rings. The van der Waals surface area contributed by atoms with Crippen molar-refractivity contribution in [3.8, 4) is 0 Å². The molecule has 11 nitrogen and oxygen atoms in total. The zero-order valence-electron chi connectivity index (χ0n) is 15.2. The van der Waals surface area contributed by atoms with Gasteiger partial charge in [-0.3, -0.25) is 13.6 Å². The zero-order chi connectivity index (χ0) is 18.9. The maximum atomic E-state index is 12.2. The Morgan fingerprint density at radius 1 is 1.41 bits per heavy atom. The van der Waals surface area contributed by atoms with Crippen LogP contribution in [-0.2, 0) is 24.8 Å². The number of fused-ring (bicyclic) bond motifs is 1. The highest BCUT2D eigenvalue weighted by Gasteiger charge is 2.52. The van der Waals surface area contributed by atoms with Crippen molar-refractivity contribution in [2.75, 3.05) is 12.3 Å². The molecular formula is C15H27N4O7P. The number of nitrogens with zero attached hydrogens (tertiary/aromatic N) is 2. The first kappa shape index (κ1) is 22.0. The Balaban J connectivity index is 0.00000261. The number of hydrogen-bond donors (Lipinski definition) is 4. The van der Waals surface area contributed by atoms with Crippen LogP contribution in [0.5, 0.6) is 0 Å². The maximum absolute atomic E-state index is 12.2. The maximum Gasteiger partial charge on any atom is 0.472 e. The average molecular weight is 406 g/mol. The summed E-state index contributed by atoms with van der Waals surface area (Å²) < 4.78 is 27.9. The number of aromatic nitrogens is 2. The summed E-state index contributed by atoms with van der Waals surface area (Å²) in [5.41, 5.74) is 5.87. The summed E-state index contributed by atoms with van der Waals surface area (Å²) in [5.74, 6) is 0.159. The molecule has 0 radical (unpaired) electrons. The Labute approximate surface area is 156 Å². The molecule has 0 aliphatic carbocycles. The second-order valence-electron chi connectivity index (χ2n) is 6.54. The van der Waals surface area contributed by atoms with Crippen molar-refractivity contribution in [1.29, 1.82) is 0 Å². The molecule has 0 saturated carbocycles. The van der Waals surface area contributed by atoms with Gasteiger partial charge in [0.25, 0.3) is 0 Å². The fraction of sp³-hybridized carbons (Fsp3) is 0.733. The summed E-state index contributed by atoms with van der Waals surface area (Å²) in [5, 5.41) is 10.4. The van der Waals surface area contributed by atoms with Gasteiger partial charge in [0.15, 0.2) is 6.23 Å². The van der Waals surface area contributed by atoms with E-state index in [4.69, 9.17) is 19.5 Å². The Hall–Kier alpha value is -1.33. The molecule has 154 valence electrons. The quantitative estimate of drug-likeness (QED) is 0.391. The normalized spacial score (nSPS) is 32.7. The van der Waals surface area contributed by atoms with Crippen LogP contribution in [0.4, 0.5) is 5.82 Å². The van der Waals surface area contributed by atoms with Gasteiger partial charge in [0.2, 0.25) is 0 Å². The Morgan fingerprint density at radius 2 is 2.15 bits per heavy atom. The van der Waals surface area contributed by atoms with E-state index in [0.717, 1.165) is 30.3 Å². The van der Waals surface area contributed by atoms with Crippen LogP contribution in [0.1, 0.15) is 44.4 Å². The molecule has 0 aromatic carbocycles. The van der Waals surface area contributed by atoms with Gasteiger partial charge < -0.3 is 26.6 Å². The molecule has 2 aliphatic heterocycles. The van der Waals surface area contributed by atoms with Crippen LogP contribution in [0.25, 0.3) is 0 Å². The molecule has 1 unspecified atom stereocenters. The van der Waals surface area contributed by atoms with E-state index in [-0.39, 0.29) is 18.6 Å². The number of anilines is 1. The molecule has 0 amide bonds. The Bertz CT molecular complexity index is 758. The van der Waals surface area contributed by atoms with Gasteiger partial charge in [-0.05, 0) is 12.8 Å². The molecule has 12 heteroatoms. The topological polar surface area (TPSA) is 181 Å². The van der Waals surface area contributed by atoms with Gasteiger partial charge in [-0.1, -0.05) is 26.2 Å². The van der Waals surface area contributed by atoms with Crippen molar-refractivity contribution in [2.45, 2.75) is 63.6 Å². The van der Waals surface area contributed by atoms with E-state index in [1.807, 2.05) is 0 Å². The van der Waals surface area contributed by atoms with E-state index in [0.29, 0.717) is 12.0 Å². The number of aryl methyl sites for hydroxylation is 1. The van der Waals surface area contributed by atoms with Crippen molar-refractivity contribution >= 4 is 13.6 Å². The van der Waals surface area contributed by atoms with Crippen LogP contribution < -0.4 is 17.6 Å². The Morgan fingerprint density at radius 3 is 2.85 bits per heavy atom. The molecule has 5 atom stereocenters. The van der Waals surface area contributed by atoms with Crippen molar-refractivity contribution in [1.82, 2.24) is 15.7 Å². The van der Waals surface area contributed by atoms with E-state index < -0.39 is 38.1 Å². The second-order valence-corrected chi connectivity index (χ2v) is 7.95. The monoisotopic (exact) mass is 406 g/mol. The average Bonchev–Trinajstić information content (AvgIpc) is 2.89. The highest BCUT2D eigenvalue weighted by Crippen LogP contribution is 2.52. The predicted octanol–water partition coefficient (Wildman–Crippen LogP) is 0.884. The van der Waals surface area contributed by atoms with E-state index in [1.54, 1.807) is 0 Å². The van der Waals surface area contributed by atoms with Crippen LogP contribution >= 0.6 is 7.82 Å². The number of phosphoric acid groups is 1. The molecule has 2 saturated heterocycles. The molecule has 2 fully saturated rings. The zero-order valence-corrected chi connectivity index (χ0v) is 16.1. The minimum Gasteiger partial charge on any atom is -0.386 e. The number of unbranched alkanes of at least 4 members (excludes halogenated alkanes) is 3. The third-order valence-electron chi connectivity index (χ3n) is 4.60. The number of rotatable bonds is 6. The third kappa shape index (κ3) is 4.75. The fourth-order valence-corrected chi connectivity index (χ4v) is 4.17. The molecule has 3 heterocycles. The minimum atomic E-state index is -4.23. The van der Waals surface area contributed by atoms with Crippen molar-refractivity contribution in [3.63, 3.8) is 0 Å². The molecule has 3 rings (SSSR count). The number of ether oxygens (including phenoxy) is 1. The first-order valence-electron chi connectivity index (χ1n) is 8.69. The van der Waals surface area contributed by atoms with E-state index in [1.165, 1.54) is 6.20 Å². The van der Waals surface area contributed by atoms with Gasteiger partial charge in [0, 0.05) is 11.8 Å². The van der Waals surface area contributed by atoms with E-state index in [2.05, 4.69) is 11.9 Å². The van der Waals surface area contributed by atoms with Gasteiger partial charge in [-0.2, -0.15) is 4.98 Å². The summed E-state index contributed by atoms with van der Waals surface area (Å²) in [6.45, 7) is 1.90. The minimum absolute atomic E-state index is 0. The standard InChI is InChI=1S/C15H24N3O7P.H3N/c1-2-3-4-5-6-9-7-18(15(20)17-13(9)16)14-11(19)12-10(24-14)8-23-26(21,22)25-12;/h7,10-12,14,19H,2-6,8H2,1H3,(H,21,22)(H2,16,17,20);1H3/t10-,11-,12-,14-;/m1./s1. The smallest absolute Gasteiger partial charge is 0.386 e. The van der Waals surface area contributed by atoms with Crippen LogP contribution in [-0.4, -0.2) is 44.5 Å². The Kier molecular flexibility index (Phi) is 7.14. The largest absolute Gasteiger partial charge is 0.472 e. The number of hydrogen-bond acceptors (Lipinski definition) is 9. The second kappa shape index (κ2) is 8.78. The van der Waals surface area contributed by atoms with E-state index in [9.17, 15) is 19.4 Å². The number of phosphoric ester groups is 1. The summed E-state index contributed by atoms with van der Waals surface area (Å²) in [7, 11) is -4.23.